The lowest BCUT2D eigenvalue weighted by Crippen LogP contribution is -2.01. The van der Waals surface area contributed by atoms with E-state index in [1.807, 2.05) is 42.5 Å². The SMILES string of the molecule is COc1cccc(C2OC2c2cccc(OC(C)=O)c2)c1. The second kappa shape index (κ2) is 5.58. The molecule has 4 heteroatoms. The number of carbonyl (C=O) groups is 1. The van der Waals surface area contributed by atoms with E-state index >= 15 is 0 Å². The van der Waals surface area contributed by atoms with Crippen molar-refractivity contribution in [1.82, 2.24) is 0 Å². The van der Waals surface area contributed by atoms with Crippen LogP contribution in [0.25, 0.3) is 0 Å². The molecule has 0 saturated carbocycles. The van der Waals surface area contributed by atoms with Gasteiger partial charge in [0.05, 0.1) is 7.11 Å². The summed E-state index contributed by atoms with van der Waals surface area (Å²) in [6.45, 7) is 1.39. The van der Waals surface area contributed by atoms with E-state index in [1.165, 1.54) is 6.92 Å². The van der Waals surface area contributed by atoms with Crippen LogP contribution in [0.1, 0.15) is 30.3 Å². The van der Waals surface area contributed by atoms with Gasteiger partial charge in [-0.25, -0.2) is 0 Å². The van der Waals surface area contributed by atoms with Gasteiger partial charge in [0.15, 0.2) is 0 Å². The van der Waals surface area contributed by atoms with Crippen molar-refractivity contribution in [1.29, 1.82) is 0 Å². The zero-order chi connectivity index (χ0) is 14.8. The standard InChI is InChI=1S/C17H16O4/c1-11(18)20-15-8-4-6-13(10-15)17-16(21-17)12-5-3-7-14(9-12)19-2/h3-10,16-17H,1-2H3. The zero-order valence-corrected chi connectivity index (χ0v) is 11.9. The Balaban J connectivity index is 1.76. The predicted octanol–water partition coefficient (Wildman–Crippen LogP) is 3.43. The number of esters is 1. The molecule has 4 nitrogen and oxygen atoms in total. The topological polar surface area (TPSA) is 48.1 Å². The third-order valence-electron chi connectivity index (χ3n) is 3.36. The number of epoxide rings is 1. The van der Waals surface area contributed by atoms with E-state index < -0.39 is 0 Å². The van der Waals surface area contributed by atoms with Crippen molar-refractivity contribution >= 4 is 5.97 Å². The quantitative estimate of drug-likeness (QED) is 0.490. The van der Waals surface area contributed by atoms with Crippen molar-refractivity contribution in [2.45, 2.75) is 19.1 Å². The first-order chi connectivity index (χ1) is 10.2. The molecule has 2 aromatic rings. The first-order valence-corrected chi connectivity index (χ1v) is 6.75. The zero-order valence-electron chi connectivity index (χ0n) is 11.9. The molecule has 0 bridgehead atoms. The number of ether oxygens (including phenoxy) is 3. The molecule has 0 amide bonds. The summed E-state index contributed by atoms with van der Waals surface area (Å²) in [7, 11) is 1.65. The number of hydrogen-bond donors (Lipinski definition) is 0. The van der Waals surface area contributed by atoms with Crippen LogP contribution >= 0.6 is 0 Å². The van der Waals surface area contributed by atoms with Crippen LogP contribution in [-0.2, 0) is 9.53 Å². The Bertz CT molecular complexity index is 665. The van der Waals surface area contributed by atoms with E-state index in [4.69, 9.17) is 14.2 Å². The molecule has 1 fully saturated rings. The van der Waals surface area contributed by atoms with Crippen LogP contribution in [0.2, 0.25) is 0 Å². The van der Waals surface area contributed by atoms with Gasteiger partial charge in [-0.3, -0.25) is 4.79 Å². The van der Waals surface area contributed by atoms with Crippen LogP contribution in [0.15, 0.2) is 48.5 Å². The van der Waals surface area contributed by atoms with Crippen molar-refractivity contribution in [3.05, 3.63) is 59.7 Å². The minimum absolute atomic E-state index is 0.00684. The third-order valence-corrected chi connectivity index (χ3v) is 3.36. The van der Waals surface area contributed by atoms with Crippen LogP contribution in [0.5, 0.6) is 11.5 Å². The van der Waals surface area contributed by atoms with E-state index in [1.54, 1.807) is 13.2 Å². The van der Waals surface area contributed by atoms with Gasteiger partial charge in [0.2, 0.25) is 0 Å². The second-order valence-corrected chi connectivity index (χ2v) is 4.92. The van der Waals surface area contributed by atoms with Crippen molar-refractivity contribution in [3.8, 4) is 11.5 Å². The van der Waals surface area contributed by atoms with Crippen molar-refractivity contribution in [2.24, 2.45) is 0 Å². The van der Waals surface area contributed by atoms with Gasteiger partial charge < -0.3 is 14.2 Å². The summed E-state index contributed by atoms with van der Waals surface area (Å²) in [6.07, 6.45) is 0.0142. The van der Waals surface area contributed by atoms with Gasteiger partial charge in [0, 0.05) is 6.92 Å². The van der Waals surface area contributed by atoms with E-state index in [0.29, 0.717) is 5.75 Å². The lowest BCUT2D eigenvalue weighted by molar-refractivity contribution is -0.131. The molecule has 1 saturated heterocycles. The average molecular weight is 284 g/mol. The molecule has 2 aromatic carbocycles. The number of methoxy groups -OCH3 is 1. The molecule has 1 aliphatic rings. The Kier molecular flexibility index (Phi) is 3.62. The summed E-state index contributed by atoms with van der Waals surface area (Å²) in [5, 5.41) is 0. The molecule has 0 aromatic heterocycles. The highest BCUT2D eigenvalue weighted by Crippen LogP contribution is 2.51. The van der Waals surface area contributed by atoms with Crippen LogP contribution in [0, 0.1) is 0 Å². The lowest BCUT2D eigenvalue weighted by Gasteiger charge is -2.03. The summed E-state index contributed by atoms with van der Waals surface area (Å²) in [5.41, 5.74) is 2.08. The van der Waals surface area contributed by atoms with Crippen LogP contribution < -0.4 is 9.47 Å². The Morgan fingerprint density at radius 2 is 1.57 bits per heavy atom. The number of benzene rings is 2. The van der Waals surface area contributed by atoms with E-state index in [0.717, 1.165) is 16.9 Å². The molecular formula is C17H16O4. The fourth-order valence-electron chi connectivity index (χ4n) is 2.36. The first-order valence-electron chi connectivity index (χ1n) is 6.75. The highest BCUT2D eigenvalue weighted by atomic mass is 16.6. The van der Waals surface area contributed by atoms with E-state index in [2.05, 4.69) is 0 Å². The molecule has 21 heavy (non-hydrogen) atoms. The van der Waals surface area contributed by atoms with Gasteiger partial charge in [-0.1, -0.05) is 24.3 Å². The summed E-state index contributed by atoms with van der Waals surface area (Å²) in [4.78, 5) is 11.0. The number of hydrogen-bond acceptors (Lipinski definition) is 4. The molecular weight excluding hydrogens is 268 g/mol. The number of carbonyl (C=O) groups excluding carboxylic acids is 1. The van der Waals surface area contributed by atoms with Gasteiger partial charge in [-0.05, 0) is 35.4 Å². The fourth-order valence-corrected chi connectivity index (χ4v) is 2.36. The molecule has 108 valence electrons. The monoisotopic (exact) mass is 284 g/mol. The average Bonchev–Trinajstić information content (AvgIpc) is 3.27. The summed E-state index contributed by atoms with van der Waals surface area (Å²) < 4.78 is 16.1. The third kappa shape index (κ3) is 3.06. The van der Waals surface area contributed by atoms with E-state index in [-0.39, 0.29) is 18.2 Å². The smallest absolute Gasteiger partial charge is 0.308 e. The largest absolute Gasteiger partial charge is 0.497 e. The Labute approximate surface area is 123 Å². The highest BCUT2D eigenvalue weighted by molar-refractivity contribution is 5.69. The maximum Gasteiger partial charge on any atom is 0.308 e. The van der Waals surface area contributed by atoms with Gasteiger partial charge in [-0.15, -0.1) is 0 Å². The molecule has 0 aliphatic carbocycles. The maximum absolute atomic E-state index is 11.0. The minimum atomic E-state index is -0.326. The van der Waals surface area contributed by atoms with Gasteiger partial charge in [-0.2, -0.15) is 0 Å². The van der Waals surface area contributed by atoms with Crippen LogP contribution in [0.4, 0.5) is 0 Å². The van der Waals surface area contributed by atoms with Crippen molar-refractivity contribution in [3.63, 3.8) is 0 Å². The van der Waals surface area contributed by atoms with Gasteiger partial charge in [0.1, 0.15) is 23.7 Å². The van der Waals surface area contributed by atoms with Crippen molar-refractivity contribution in [2.75, 3.05) is 7.11 Å². The predicted molar refractivity (Wildman–Crippen MR) is 77.3 cm³/mol. The normalized spacial score (nSPS) is 19.9. The second-order valence-electron chi connectivity index (χ2n) is 4.92. The summed E-state index contributed by atoms with van der Waals surface area (Å²) in [5.74, 6) is 1.03. The molecule has 0 spiro atoms. The highest BCUT2D eigenvalue weighted by Gasteiger charge is 2.41. The Hall–Kier alpha value is -2.33. The molecule has 0 radical (unpaired) electrons. The molecule has 3 rings (SSSR count). The summed E-state index contributed by atoms with van der Waals surface area (Å²) >= 11 is 0. The van der Waals surface area contributed by atoms with Gasteiger partial charge >= 0.3 is 5.97 Å². The maximum atomic E-state index is 11.0. The minimum Gasteiger partial charge on any atom is -0.497 e. The molecule has 2 unspecified atom stereocenters. The van der Waals surface area contributed by atoms with Crippen LogP contribution in [-0.4, -0.2) is 13.1 Å². The van der Waals surface area contributed by atoms with Crippen molar-refractivity contribution < 1.29 is 19.0 Å². The summed E-state index contributed by atoms with van der Waals surface area (Å²) in [6, 6.07) is 15.3. The lowest BCUT2D eigenvalue weighted by atomic mass is 10.0. The van der Waals surface area contributed by atoms with E-state index in [9.17, 15) is 4.79 Å². The van der Waals surface area contributed by atoms with Gasteiger partial charge in [0.25, 0.3) is 0 Å². The molecule has 2 atom stereocenters. The number of rotatable bonds is 4. The molecule has 0 N–H and O–H groups in total. The first kappa shape index (κ1) is 13.6. The molecule has 1 heterocycles. The molecule has 1 aliphatic heterocycles. The van der Waals surface area contributed by atoms with Crippen LogP contribution in [0.3, 0.4) is 0 Å². The fraction of sp³-hybridized carbons (Fsp3) is 0.235. The Morgan fingerprint density at radius 1 is 1.00 bits per heavy atom. The Morgan fingerprint density at radius 3 is 2.14 bits per heavy atom.